The maximum absolute atomic E-state index is 12.7. The van der Waals surface area contributed by atoms with Crippen LogP contribution in [-0.2, 0) is 17.6 Å². The number of methoxy groups -OCH3 is 1. The summed E-state index contributed by atoms with van der Waals surface area (Å²) in [5.74, 6) is 2.14. The molecule has 2 atom stereocenters. The minimum Gasteiger partial charge on any atom is -0.493 e. The fraction of sp³-hybridized carbons (Fsp3) is 0.480. The Labute approximate surface area is 179 Å². The number of hydrogen-bond donors (Lipinski definition) is 1. The minimum atomic E-state index is -0.847. The molecule has 1 saturated heterocycles. The van der Waals surface area contributed by atoms with Gasteiger partial charge in [0.15, 0.2) is 11.5 Å². The van der Waals surface area contributed by atoms with Gasteiger partial charge in [-0.2, -0.15) is 0 Å². The molecular weight excluding hydrogens is 376 g/mol. The van der Waals surface area contributed by atoms with Crippen molar-refractivity contribution in [3.8, 4) is 11.5 Å². The predicted octanol–water partition coefficient (Wildman–Crippen LogP) is 3.54. The van der Waals surface area contributed by atoms with Crippen molar-refractivity contribution in [3.05, 3.63) is 59.2 Å². The van der Waals surface area contributed by atoms with Crippen LogP contribution in [0, 0.1) is 5.92 Å². The van der Waals surface area contributed by atoms with Gasteiger partial charge in [0.25, 0.3) is 0 Å². The van der Waals surface area contributed by atoms with Crippen molar-refractivity contribution in [2.24, 2.45) is 11.7 Å². The monoisotopic (exact) mass is 408 g/mol. The van der Waals surface area contributed by atoms with E-state index in [0.717, 1.165) is 30.9 Å². The van der Waals surface area contributed by atoms with Crippen molar-refractivity contribution in [1.29, 1.82) is 0 Å². The summed E-state index contributed by atoms with van der Waals surface area (Å²) in [6.45, 7) is 7.14. The van der Waals surface area contributed by atoms with Crippen LogP contribution in [0.3, 0.4) is 0 Å². The molecule has 2 aliphatic rings. The summed E-state index contributed by atoms with van der Waals surface area (Å²) < 4.78 is 12.0. The van der Waals surface area contributed by atoms with Crippen LogP contribution in [0.1, 0.15) is 43.4 Å². The average Bonchev–Trinajstić information content (AvgIpc) is 3.29. The Kier molecular flexibility index (Phi) is 5.49. The van der Waals surface area contributed by atoms with Crippen LogP contribution in [0.5, 0.6) is 11.5 Å². The molecule has 5 nitrogen and oxygen atoms in total. The van der Waals surface area contributed by atoms with Gasteiger partial charge in [-0.15, -0.1) is 0 Å². The molecule has 1 aliphatic carbocycles. The smallest absolute Gasteiger partial charge is 0.242 e. The molecule has 1 amide bonds. The van der Waals surface area contributed by atoms with E-state index in [1.165, 1.54) is 16.7 Å². The van der Waals surface area contributed by atoms with E-state index < -0.39 is 5.54 Å². The third kappa shape index (κ3) is 4.04. The highest BCUT2D eigenvalue weighted by molar-refractivity contribution is 5.85. The summed E-state index contributed by atoms with van der Waals surface area (Å²) in [5.41, 5.74) is 9.11. The number of hydrogen-bond acceptors (Lipinski definition) is 4. The SMILES string of the molecule is COc1ccc([C@@H]2CN(C(=O)C(C)(C)N)C[C@@H]2C)cc1OC1Cc2ccccc2C1. The van der Waals surface area contributed by atoms with Gasteiger partial charge in [-0.3, -0.25) is 4.79 Å². The third-order valence-corrected chi connectivity index (χ3v) is 6.37. The molecule has 0 spiro atoms. The van der Waals surface area contributed by atoms with E-state index in [1.807, 2.05) is 11.0 Å². The second-order valence-electron chi connectivity index (χ2n) is 9.34. The average molecular weight is 409 g/mol. The van der Waals surface area contributed by atoms with Crippen LogP contribution in [0.15, 0.2) is 42.5 Å². The summed E-state index contributed by atoms with van der Waals surface area (Å²) >= 11 is 0. The molecule has 0 bridgehead atoms. The number of fused-ring (bicyclic) bond motifs is 1. The van der Waals surface area contributed by atoms with E-state index in [-0.39, 0.29) is 17.9 Å². The molecule has 2 aromatic carbocycles. The number of nitrogens with two attached hydrogens (primary N) is 1. The highest BCUT2D eigenvalue weighted by Gasteiger charge is 2.38. The highest BCUT2D eigenvalue weighted by atomic mass is 16.5. The number of amides is 1. The normalized spacial score (nSPS) is 21.6. The van der Waals surface area contributed by atoms with Gasteiger partial charge in [0.1, 0.15) is 6.10 Å². The lowest BCUT2D eigenvalue weighted by atomic mass is 9.90. The molecule has 1 aliphatic heterocycles. The first-order valence-corrected chi connectivity index (χ1v) is 10.8. The largest absolute Gasteiger partial charge is 0.493 e. The molecule has 0 unspecified atom stereocenters. The van der Waals surface area contributed by atoms with Gasteiger partial charge < -0.3 is 20.1 Å². The molecule has 2 N–H and O–H groups in total. The van der Waals surface area contributed by atoms with E-state index in [4.69, 9.17) is 15.2 Å². The summed E-state index contributed by atoms with van der Waals surface area (Å²) in [7, 11) is 1.67. The molecule has 0 radical (unpaired) electrons. The van der Waals surface area contributed by atoms with Crippen molar-refractivity contribution in [2.75, 3.05) is 20.2 Å². The number of benzene rings is 2. The Hall–Kier alpha value is -2.53. The first-order chi connectivity index (χ1) is 14.3. The number of carbonyl (C=O) groups is 1. The zero-order chi connectivity index (χ0) is 21.5. The first-order valence-electron chi connectivity index (χ1n) is 10.8. The molecule has 0 aromatic heterocycles. The first kappa shape index (κ1) is 20.7. The van der Waals surface area contributed by atoms with Gasteiger partial charge in [0, 0.05) is 31.8 Å². The van der Waals surface area contributed by atoms with E-state index in [2.05, 4.69) is 43.3 Å². The van der Waals surface area contributed by atoms with Gasteiger partial charge in [0.05, 0.1) is 12.6 Å². The number of ether oxygens (including phenoxy) is 2. The van der Waals surface area contributed by atoms with Crippen LogP contribution in [0.2, 0.25) is 0 Å². The fourth-order valence-corrected chi connectivity index (χ4v) is 4.77. The topological polar surface area (TPSA) is 64.8 Å². The fourth-order valence-electron chi connectivity index (χ4n) is 4.77. The summed E-state index contributed by atoms with van der Waals surface area (Å²) in [4.78, 5) is 14.5. The van der Waals surface area contributed by atoms with Crippen molar-refractivity contribution < 1.29 is 14.3 Å². The van der Waals surface area contributed by atoms with E-state index in [9.17, 15) is 4.79 Å². The zero-order valence-electron chi connectivity index (χ0n) is 18.4. The van der Waals surface area contributed by atoms with Crippen LogP contribution in [0.4, 0.5) is 0 Å². The maximum atomic E-state index is 12.7. The molecular formula is C25H32N2O3. The maximum Gasteiger partial charge on any atom is 0.242 e. The molecule has 30 heavy (non-hydrogen) atoms. The number of nitrogens with zero attached hydrogens (tertiary/aromatic N) is 1. The van der Waals surface area contributed by atoms with Gasteiger partial charge in [-0.05, 0) is 48.6 Å². The van der Waals surface area contributed by atoms with Gasteiger partial charge in [0.2, 0.25) is 5.91 Å². The highest BCUT2D eigenvalue weighted by Crippen LogP contribution is 2.39. The standard InChI is InChI=1S/C25H32N2O3/c1-16-14-27(24(28)25(2,3)26)15-21(16)19-9-10-22(29-4)23(13-19)30-20-11-17-7-5-6-8-18(17)12-20/h5-10,13,16,20-21H,11-12,14-15,26H2,1-4H3/t16-,21+/m0/s1. The Morgan fingerprint density at radius 2 is 1.73 bits per heavy atom. The van der Waals surface area contributed by atoms with Crippen LogP contribution >= 0.6 is 0 Å². The molecule has 0 saturated carbocycles. The summed E-state index contributed by atoms with van der Waals surface area (Å²) in [6.07, 6.45) is 1.94. The van der Waals surface area contributed by atoms with Crippen molar-refractivity contribution in [2.45, 2.75) is 51.2 Å². The van der Waals surface area contributed by atoms with Crippen LogP contribution in [0.25, 0.3) is 0 Å². The zero-order valence-corrected chi connectivity index (χ0v) is 18.4. The Morgan fingerprint density at radius 1 is 1.07 bits per heavy atom. The summed E-state index contributed by atoms with van der Waals surface area (Å²) in [5, 5.41) is 0. The predicted molar refractivity (Wildman–Crippen MR) is 118 cm³/mol. The molecule has 1 heterocycles. The van der Waals surface area contributed by atoms with E-state index in [0.29, 0.717) is 12.5 Å². The molecule has 5 heteroatoms. The van der Waals surface area contributed by atoms with Gasteiger partial charge in [-0.25, -0.2) is 0 Å². The van der Waals surface area contributed by atoms with Crippen LogP contribution in [-0.4, -0.2) is 42.6 Å². The quantitative estimate of drug-likeness (QED) is 0.822. The molecule has 2 aromatic rings. The second-order valence-corrected chi connectivity index (χ2v) is 9.34. The number of carbonyl (C=O) groups excluding carboxylic acids is 1. The lowest BCUT2D eigenvalue weighted by Gasteiger charge is -2.25. The second kappa shape index (κ2) is 7.95. The van der Waals surface area contributed by atoms with Crippen LogP contribution < -0.4 is 15.2 Å². The van der Waals surface area contributed by atoms with E-state index >= 15 is 0 Å². The lowest BCUT2D eigenvalue weighted by molar-refractivity contribution is -0.134. The van der Waals surface area contributed by atoms with Crippen molar-refractivity contribution in [3.63, 3.8) is 0 Å². The van der Waals surface area contributed by atoms with Crippen molar-refractivity contribution in [1.82, 2.24) is 4.90 Å². The Bertz CT molecular complexity index is 909. The summed E-state index contributed by atoms with van der Waals surface area (Å²) in [6, 6.07) is 14.7. The Morgan fingerprint density at radius 3 is 2.33 bits per heavy atom. The van der Waals surface area contributed by atoms with Crippen molar-refractivity contribution >= 4 is 5.91 Å². The molecule has 4 rings (SSSR count). The molecule has 160 valence electrons. The lowest BCUT2D eigenvalue weighted by Crippen LogP contribution is -2.50. The van der Waals surface area contributed by atoms with E-state index in [1.54, 1.807) is 21.0 Å². The minimum absolute atomic E-state index is 0.00514. The van der Waals surface area contributed by atoms with Gasteiger partial charge in [-0.1, -0.05) is 37.3 Å². The molecule has 1 fully saturated rings. The Balaban J connectivity index is 1.52. The third-order valence-electron chi connectivity index (χ3n) is 6.37. The van der Waals surface area contributed by atoms with Gasteiger partial charge >= 0.3 is 0 Å². The number of rotatable bonds is 5. The number of likely N-dealkylation sites (tertiary alicyclic amines) is 1.